The van der Waals surface area contributed by atoms with Crippen LogP contribution < -0.4 is 10.4 Å². The van der Waals surface area contributed by atoms with Crippen molar-refractivity contribution in [3.63, 3.8) is 0 Å². The molecule has 0 bridgehead atoms. The summed E-state index contributed by atoms with van der Waals surface area (Å²) < 4.78 is 40.7. The van der Waals surface area contributed by atoms with Crippen molar-refractivity contribution in [1.82, 2.24) is 9.97 Å². The Morgan fingerprint density at radius 1 is 1.09 bits per heavy atom. The molecule has 0 aliphatic heterocycles. The van der Waals surface area contributed by atoms with Gasteiger partial charge >= 0.3 is 5.69 Å². The summed E-state index contributed by atoms with van der Waals surface area (Å²) in [6.07, 6.45) is 0. The molecule has 1 heterocycles. The fraction of sp³-hybridized carbons (Fsp3) is 0.0714. The van der Waals surface area contributed by atoms with Gasteiger partial charge in [-0.3, -0.25) is 4.72 Å². The molecule has 6 nitrogen and oxygen atoms in total. The number of fused-ring (bicyclic) bond motifs is 1. The number of sulfonamides is 1. The smallest absolute Gasteiger partial charge is 0.306 e. The highest BCUT2D eigenvalue weighted by Gasteiger charge is 2.19. The normalized spacial score (nSPS) is 11.7. The molecule has 0 aliphatic carbocycles. The largest absolute Gasteiger partial charge is 0.323 e. The van der Waals surface area contributed by atoms with E-state index in [0.717, 1.165) is 6.07 Å². The van der Waals surface area contributed by atoms with E-state index < -0.39 is 21.5 Å². The van der Waals surface area contributed by atoms with Gasteiger partial charge in [0.2, 0.25) is 0 Å². The van der Waals surface area contributed by atoms with E-state index in [2.05, 4.69) is 14.7 Å². The van der Waals surface area contributed by atoms with Gasteiger partial charge in [0.05, 0.1) is 21.6 Å². The molecule has 0 spiro atoms. The van der Waals surface area contributed by atoms with Gasteiger partial charge < -0.3 is 9.97 Å². The van der Waals surface area contributed by atoms with Crippen LogP contribution in [0.25, 0.3) is 11.0 Å². The van der Waals surface area contributed by atoms with E-state index in [1.807, 2.05) is 0 Å². The lowest BCUT2D eigenvalue weighted by molar-refractivity contribution is 0.598. The van der Waals surface area contributed by atoms with Gasteiger partial charge in [0.1, 0.15) is 5.82 Å². The van der Waals surface area contributed by atoms with Crippen LogP contribution in [0.4, 0.5) is 10.1 Å². The summed E-state index contributed by atoms with van der Waals surface area (Å²) in [6.45, 7) is 1.60. The topological polar surface area (TPSA) is 94.8 Å². The van der Waals surface area contributed by atoms with Gasteiger partial charge in [-0.05, 0) is 36.8 Å². The quantitative estimate of drug-likeness (QED) is 0.689. The molecule has 0 unspecified atom stereocenters. The SMILES string of the molecule is Cc1cc2[nH]c(=O)[nH]c2cc1S(=O)(=O)Nc1ccccc1F. The van der Waals surface area contributed by atoms with Crippen molar-refractivity contribution in [3.8, 4) is 0 Å². The number of aromatic nitrogens is 2. The molecule has 0 aliphatic rings. The molecule has 0 saturated heterocycles. The number of imidazole rings is 1. The highest BCUT2D eigenvalue weighted by atomic mass is 32.2. The first-order valence-electron chi connectivity index (χ1n) is 6.37. The van der Waals surface area contributed by atoms with Crippen LogP contribution in [0, 0.1) is 12.7 Å². The minimum Gasteiger partial charge on any atom is -0.306 e. The fourth-order valence-corrected chi connectivity index (χ4v) is 3.52. The van der Waals surface area contributed by atoms with E-state index in [1.165, 1.54) is 24.3 Å². The molecule has 0 atom stereocenters. The van der Waals surface area contributed by atoms with Crippen LogP contribution in [0.2, 0.25) is 0 Å². The molecule has 2 aromatic carbocycles. The number of para-hydroxylation sites is 1. The first kappa shape index (κ1) is 14.3. The zero-order valence-electron chi connectivity index (χ0n) is 11.5. The standard InChI is InChI=1S/C14H12FN3O3S/c1-8-6-11-12(17-14(19)16-11)7-13(8)22(20,21)18-10-5-3-2-4-9(10)15/h2-7,18H,1H3,(H2,16,17,19). The predicted molar refractivity (Wildman–Crippen MR) is 80.9 cm³/mol. The maximum Gasteiger partial charge on any atom is 0.323 e. The number of nitrogens with one attached hydrogen (secondary N) is 3. The third-order valence-electron chi connectivity index (χ3n) is 3.22. The third kappa shape index (κ3) is 2.48. The van der Waals surface area contributed by atoms with Crippen LogP contribution in [0.1, 0.15) is 5.56 Å². The van der Waals surface area contributed by atoms with E-state index in [-0.39, 0.29) is 10.6 Å². The minimum atomic E-state index is -3.97. The molecule has 3 rings (SSSR count). The van der Waals surface area contributed by atoms with Crippen molar-refractivity contribution in [1.29, 1.82) is 0 Å². The summed E-state index contributed by atoms with van der Waals surface area (Å²) in [4.78, 5) is 16.3. The number of hydrogen-bond acceptors (Lipinski definition) is 3. The molecule has 3 N–H and O–H groups in total. The maximum atomic E-state index is 13.6. The zero-order valence-corrected chi connectivity index (χ0v) is 12.3. The lowest BCUT2D eigenvalue weighted by atomic mass is 10.2. The monoisotopic (exact) mass is 321 g/mol. The molecule has 114 valence electrons. The van der Waals surface area contributed by atoms with Gasteiger partial charge in [-0.15, -0.1) is 0 Å². The molecule has 0 saturated carbocycles. The summed E-state index contributed by atoms with van der Waals surface area (Å²) >= 11 is 0. The Labute approximate surface area is 125 Å². The second kappa shape index (κ2) is 4.99. The Hall–Kier alpha value is -2.61. The summed E-state index contributed by atoms with van der Waals surface area (Å²) in [5.74, 6) is -0.667. The highest BCUT2D eigenvalue weighted by Crippen LogP contribution is 2.24. The van der Waals surface area contributed by atoms with Gasteiger partial charge in [-0.25, -0.2) is 17.6 Å². The molecular weight excluding hydrogens is 309 g/mol. The van der Waals surface area contributed by atoms with Crippen molar-refractivity contribution in [2.24, 2.45) is 0 Å². The Morgan fingerprint density at radius 3 is 2.41 bits per heavy atom. The third-order valence-corrected chi connectivity index (χ3v) is 4.73. The van der Waals surface area contributed by atoms with Gasteiger partial charge in [0, 0.05) is 0 Å². The molecule has 1 aromatic heterocycles. The Morgan fingerprint density at radius 2 is 1.73 bits per heavy atom. The number of aryl methyl sites for hydroxylation is 1. The van der Waals surface area contributed by atoms with Crippen LogP contribution in [0.15, 0.2) is 46.1 Å². The Bertz CT molecular complexity index is 1020. The van der Waals surface area contributed by atoms with Crippen LogP contribution in [0.3, 0.4) is 0 Å². The average Bonchev–Trinajstić information content (AvgIpc) is 2.79. The number of H-pyrrole nitrogens is 2. The van der Waals surface area contributed by atoms with Gasteiger partial charge in [-0.2, -0.15) is 0 Å². The molecule has 0 radical (unpaired) electrons. The summed E-state index contributed by atoms with van der Waals surface area (Å²) in [5, 5.41) is 0. The van der Waals surface area contributed by atoms with Crippen LogP contribution in [-0.4, -0.2) is 18.4 Å². The number of rotatable bonds is 3. The molecule has 0 fully saturated rings. The second-order valence-corrected chi connectivity index (χ2v) is 6.48. The Balaban J connectivity index is 2.10. The number of hydrogen-bond donors (Lipinski definition) is 3. The maximum absolute atomic E-state index is 13.6. The highest BCUT2D eigenvalue weighted by molar-refractivity contribution is 7.92. The first-order valence-corrected chi connectivity index (χ1v) is 7.85. The van der Waals surface area contributed by atoms with E-state index in [9.17, 15) is 17.6 Å². The van der Waals surface area contributed by atoms with Crippen molar-refractivity contribution < 1.29 is 12.8 Å². The number of benzene rings is 2. The lowest BCUT2D eigenvalue weighted by Gasteiger charge is -2.11. The van der Waals surface area contributed by atoms with Crippen molar-refractivity contribution in [3.05, 3.63) is 58.3 Å². The fourth-order valence-electron chi connectivity index (χ4n) is 2.20. The van der Waals surface area contributed by atoms with Crippen LogP contribution >= 0.6 is 0 Å². The van der Waals surface area contributed by atoms with Crippen LogP contribution in [0.5, 0.6) is 0 Å². The Kier molecular flexibility index (Phi) is 3.25. The van der Waals surface area contributed by atoms with E-state index in [4.69, 9.17) is 0 Å². The van der Waals surface area contributed by atoms with Crippen LogP contribution in [-0.2, 0) is 10.0 Å². The lowest BCUT2D eigenvalue weighted by Crippen LogP contribution is -2.15. The molecule has 8 heteroatoms. The van der Waals surface area contributed by atoms with E-state index >= 15 is 0 Å². The van der Waals surface area contributed by atoms with E-state index in [1.54, 1.807) is 13.0 Å². The van der Waals surface area contributed by atoms with Crippen molar-refractivity contribution >= 4 is 26.7 Å². The van der Waals surface area contributed by atoms with Gasteiger partial charge in [0.25, 0.3) is 10.0 Å². The summed E-state index contributed by atoms with van der Waals surface area (Å²) in [7, 11) is -3.97. The first-order chi connectivity index (χ1) is 10.4. The zero-order chi connectivity index (χ0) is 15.9. The summed E-state index contributed by atoms with van der Waals surface area (Å²) in [5.41, 5.74) is 0.749. The molecule has 3 aromatic rings. The molecule has 0 amide bonds. The van der Waals surface area contributed by atoms with Crippen molar-refractivity contribution in [2.45, 2.75) is 11.8 Å². The predicted octanol–water partition coefficient (Wildman–Crippen LogP) is 2.10. The van der Waals surface area contributed by atoms with Gasteiger partial charge in [-0.1, -0.05) is 12.1 Å². The van der Waals surface area contributed by atoms with E-state index in [0.29, 0.717) is 16.6 Å². The second-order valence-electron chi connectivity index (χ2n) is 4.83. The molecular formula is C14H12FN3O3S. The van der Waals surface area contributed by atoms with Gasteiger partial charge in [0.15, 0.2) is 0 Å². The number of anilines is 1. The number of aromatic amines is 2. The van der Waals surface area contributed by atoms with Crippen molar-refractivity contribution in [2.75, 3.05) is 4.72 Å². The summed E-state index contributed by atoms with van der Waals surface area (Å²) in [6, 6.07) is 8.38. The average molecular weight is 321 g/mol. The molecule has 22 heavy (non-hydrogen) atoms. The number of halogens is 1. The minimum absolute atomic E-state index is 0.0292.